The molecule has 94 valence electrons. The second kappa shape index (κ2) is 6.24. The molecule has 0 aromatic carbocycles. The third-order valence-corrected chi connectivity index (χ3v) is 2.48. The maximum absolute atomic E-state index is 11.2. The van der Waals surface area contributed by atoms with Gasteiger partial charge in [-0.25, -0.2) is 9.97 Å². The zero-order valence-corrected chi connectivity index (χ0v) is 10.6. The van der Waals surface area contributed by atoms with Crippen LogP contribution in [-0.2, 0) is 9.53 Å². The fourth-order valence-corrected chi connectivity index (χ4v) is 1.48. The molecule has 7 heteroatoms. The van der Waals surface area contributed by atoms with Crippen LogP contribution in [-0.4, -0.2) is 36.1 Å². The van der Waals surface area contributed by atoms with E-state index in [1.54, 1.807) is 18.9 Å². The largest absolute Gasteiger partial charge is 0.466 e. The molecule has 17 heavy (non-hydrogen) atoms. The van der Waals surface area contributed by atoms with Gasteiger partial charge in [0.15, 0.2) is 5.82 Å². The number of halogens is 1. The van der Waals surface area contributed by atoms with Crippen LogP contribution in [0.1, 0.15) is 13.3 Å². The number of carbonyl (C=O) groups excluding carboxylic acids is 1. The molecule has 1 aromatic heterocycles. The normalized spacial score (nSPS) is 10.1. The van der Waals surface area contributed by atoms with Gasteiger partial charge in [0.2, 0.25) is 0 Å². The molecule has 0 aliphatic rings. The summed E-state index contributed by atoms with van der Waals surface area (Å²) in [6.07, 6.45) is 1.60. The third-order valence-electron chi connectivity index (χ3n) is 2.12. The van der Waals surface area contributed by atoms with Crippen molar-refractivity contribution in [3.05, 3.63) is 11.3 Å². The van der Waals surface area contributed by atoms with Gasteiger partial charge < -0.3 is 15.4 Å². The number of ether oxygens (including phenoxy) is 1. The summed E-state index contributed by atoms with van der Waals surface area (Å²) in [4.78, 5) is 20.7. The summed E-state index contributed by atoms with van der Waals surface area (Å²) in [5, 5.41) is 0.291. The Labute approximate surface area is 105 Å². The Morgan fingerprint density at radius 1 is 1.59 bits per heavy atom. The molecule has 0 atom stereocenters. The number of carbonyl (C=O) groups is 1. The van der Waals surface area contributed by atoms with Gasteiger partial charge in [-0.2, -0.15) is 0 Å². The van der Waals surface area contributed by atoms with E-state index in [9.17, 15) is 4.79 Å². The van der Waals surface area contributed by atoms with Crippen molar-refractivity contribution in [2.45, 2.75) is 13.3 Å². The fourth-order valence-electron chi connectivity index (χ4n) is 1.24. The summed E-state index contributed by atoms with van der Waals surface area (Å²) in [5.41, 5.74) is 5.56. The summed E-state index contributed by atoms with van der Waals surface area (Å²) < 4.78 is 4.83. The first-order valence-corrected chi connectivity index (χ1v) is 5.56. The number of nitrogen functional groups attached to an aromatic ring is 1. The van der Waals surface area contributed by atoms with Gasteiger partial charge in [-0.3, -0.25) is 4.79 Å². The Morgan fingerprint density at radius 3 is 2.94 bits per heavy atom. The van der Waals surface area contributed by atoms with Crippen LogP contribution in [0.2, 0.25) is 5.02 Å². The van der Waals surface area contributed by atoms with Crippen molar-refractivity contribution < 1.29 is 9.53 Å². The Balaban J connectivity index is 2.61. The number of anilines is 2. The van der Waals surface area contributed by atoms with E-state index in [0.29, 0.717) is 24.0 Å². The Kier molecular flexibility index (Phi) is 4.96. The molecule has 6 nitrogen and oxygen atoms in total. The van der Waals surface area contributed by atoms with Crippen molar-refractivity contribution in [2.24, 2.45) is 0 Å². The van der Waals surface area contributed by atoms with E-state index in [1.807, 2.05) is 0 Å². The van der Waals surface area contributed by atoms with Gasteiger partial charge in [0.05, 0.1) is 13.0 Å². The summed E-state index contributed by atoms with van der Waals surface area (Å²) in [7, 11) is 1.77. The second-order valence-corrected chi connectivity index (χ2v) is 3.75. The van der Waals surface area contributed by atoms with E-state index in [0.717, 1.165) is 0 Å². The number of esters is 1. The van der Waals surface area contributed by atoms with E-state index in [4.69, 9.17) is 22.1 Å². The minimum Gasteiger partial charge on any atom is -0.466 e. The molecule has 0 fully saturated rings. The standard InChI is InChI=1S/C10H15ClN4O2/c1-3-17-7(16)4-5-15(2)10-8(11)9(12)13-6-14-10/h6H,3-5H2,1-2H3,(H2,12,13,14). The predicted octanol–water partition coefficient (Wildman–Crippen LogP) is 1.10. The molecule has 1 rings (SSSR count). The van der Waals surface area contributed by atoms with Gasteiger partial charge in [0.1, 0.15) is 17.2 Å². The molecule has 0 unspecified atom stereocenters. The highest BCUT2D eigenvalue weighted by atomic mass is 35.5. The minimum absolute atomic E-state index is 0.222. The molecule has 0 spiro atoms. The van der Waals surface area contributed by atoms with E-state index in [2.05, 4.69) is 9.97 Å². The van der Waals surface area contributed by atoms with Crippen LogP contribution in [0.4, 0.5) is 11.6 Å². The first-order chi connectivity index (χ1) is 8.06. The highest BCUT2D eigenvalue weighted by Crippen LogP contribution is 2.25. The second-order valence-electron chi connectivity index (χ2n) is 3.37. The van der Waals surface area contributed by atoms with Gasteiger partial charge in [-0.05, 0) is 6.92 Å². The number of nitrogens with zero attached hydrogens (tertiary/aromatic N) is 3. The highest BCUT2D eigenvalue weighted by Gasteiger charge is 2.12. The van der Waals surface area contributed by atoms with Crippen molar-refractivity contribution in [3.63, 3.8) is 0 Å². The quantitative estimate of drug-likeness (QED) is 0.797. The lowest BCUT2D eigenvalue weighted by atomic mass is 10.4. The van der Waals surface area contributed by atoms with Gasteiger partial charge in [0, 0.05) is 13.6 Å². The average molecular weight is 259 g/mol. The molecule has 0 amide bonds. The predicted molar refractivity (Wildman–Crippen MR) is 66.0 cm³/mol. The topological polar surface area (TPSA) is 81.3 Å². The molecule has 0 aliphatic heterocycles. The average Bonchev–Trinajstić information content (AvgIpc) is 2.30. The number of hydrogen-bond donors (Lipinski definition) is 1. The van der Waals surface area contributed by atoms with Crippen LogP contribution in [0.5, 0.6) is 0 Å². The summed E-state index contributed by atoms with van der Waals surface area (Å²) in [6, 6.07) is 0. The van der Waals surface area contributed by atoms with Crippen LogP contribution >= 0.6 is 11.6 Å². The van der Waals surface area contributed by atoms with Crippen LogP contribution < -0.4 is 10.6 Å². The molecular weight excluding hydrogens is 244 g/mol. The van der Waals surface area contributed by atoms with Crippen LogP contribution in [0.15, 0.2) is 6.33 Å². The molecule has 0 radical (unpaired) electrons. The van der Waals surface area contributed by atoms with Crippen molar-refractivity contribution in [1.29, 1.82) is 0 Å². The monoisotopic (exact) mass is 258 g/mol. The fraction of sp³-hybridized carbons (Fsp3) is 0.500. The summed E-state index contributed by atoms with van der Waals surface area (Å²) in [5.74, 6) is 0.473. The number of hydrogen-bond acceptors (Lipinski definition) is 6. The molecule has 2 N–H and O–H groups in total. The molecule has 1 aromatic rings. The van der Waals surface area contributed by atoms with E-state index >= 15 is 0 Å². The van der Waals surface area contributed by atoms with E-state index in [-0.39, 0.29) is 18.2 Å². The van der Waals surface area contributed by atoms with Crippen LogP contribution in [0.25, 0.3) is 0 Å². The summed E-state index contributed by atoms with van der Waals surface area (Å²) >= 11 is 5.96. The summed E-state index contributed by atoms with van der Waals surface area (Å²) in [6.45, 7) is 2.60. The smallest absolute Gasteiger partial charge is 0.307 e. The van der Waals surface area contributed by atoms with Crippen molar-refractivity contribution in [1.82, 2.24) is 9.97 Å². The van der Waals surface area contributed by atoms with Crippen LogP contribution in [0.3, 0.4) is 0 Å². The Morgan fingerprint density at radius 2 is 2.29 bits per heavy atom. The van der Waals surface area contributed by atoms with E-state index < -0.39 is 0 Å². The molecule has 0 saturated heterocycles. The first kappa shape index (κ1) is 13.5. The van der Waals surface area contributed by atoms with Gasteiger partial charge >= 0.3 is 5.97 Å². The Bertz CT molecular complexity index is 400. The highest BCUT2D eigenvalue weighted by molar-refractivity contribution is 6.35. The number of aromatic nitrogens is 2. The maximum atomic E-state index is 11.2. The minimum atomic E-state index is -0.252. The van der Waals surface area contributed by atoms with Crippen molar-refractivity contribution in [2.75, 3.05) is 30.8 Å². The molecule has 0 aliphatic carbocycles. The lowest BCUT2D eigenvalue weighted by Crippen LogP contribution is -2.23. The van der Waals surface area contributed by atoms with Gasteiger partial charge in [0.25, 0.3) is 0 Å². The zero-order chi connectivity index (χ0) is 12.8. The first-order valence-electron chi connectivity index (χ1n) is 5.19. The van der Waals surface area contributed by atoms with Crippen molar-refractivity contribution in [3.8, 4) is 0 Å². The number of rotatable bonds is 5. The zero-order valence-electron chi connectivity index (χ0n) is 9.81. The van der Waals surface area contributed by atoms with E-state index in [1.165, 1.54) is 6.33 Å². The Hall–Kier alpha value is -1.56. The van der Waals surface area contributed by atoms with Crippen LogP contribution in [0, 0.1) is 0 Å². The molecule has 0 saturated carbocycles. The maximum Gasteiger partial charge on any atom is 0.307 e. The SMILES string of the molecule is CCOC(=O)CCN(C)c1ncnc(N)c1Cl. The van der Waals surface area contributed by atoms with Gasteiger partial charge in [-0.15, -0.1) is 0 Å². The third kappa shape index (κ3) is 3.74. The van der Waals surface area contributed by atoms with Gasteiger partial charge in [-0.1, -0.05) is 11.6 Å². The van der Waals surface area contributed by atoms with Crippen molar-refractivity contribution >= 4 is 29.2 Å². The molecule has 0 bridgehead atoms. The lowest BCUT2D eigenvalue weighted by molar-refractivity contribution is -0.142. The lowest BCUT2D eigenvalue weighted by Gasteiger charge is -2.18. The molecular formula is C10H15ClN4O2. The number of nitrogens with two attached hydrogens (primary N) is 1. The molecule has 1 heterocycles.